The van der Waals surface area contributed by atoms with Crippen LogP contribution in [0.5, 0.6) is 5.75 Å². The van der Waals surface area contributed by atoms with Crippen LogP contribution >= 0.6 is 0 Å². The van der Waals surface area contributed by atoms with Crippen LogP contribution in [-0.2, 0) is 20.7 Å². The van der Waals surface area contributed by atoms with E-state index < -0.39 is 5.41 Å². The minimum absolute atomic E-state index is 0.0340. The van der Waals surface area contributed by atoms with E-state index >= 15 is 0 Å². The lowest BCUT2D eigenvalue weighted by atomic mass is 9.94. The average molecular weight is 335 g/mol. The quantitative estimate of drug-likeness (QED) is 0.719. The fourth-order valence-corrected chi connectivity index (χ4v) is 2.41. The van der Waals surface area contributed by atoms with Crippen molar-refractivity contribution in [3.8, 4) is 5.75 Å². The molecule has 0 aliphatic rings. The van der Waals surface area contributed by atoms with Crippen LogP contribution < -0.4 is 4.74 Å². The fraction of sp³-hybridized carbons (Fsp3) is 0.579. The molecular weight excluding hydrogens is 306 g/mol. The van der Waals surface area contributed by atoms with Gasteiger partial charge in [0.15, 0.2) is 0 Å². The van der Waals surface area contributed by atoms with Crippen LogP contribution in [0.1, 0.15) is 33.3 Å². The Hall–Kier alpha value is -2.04. The standard InChI is InChI=1S/C19H29NO4/c1-14(17(21)24-6)13-20(18(22)19(2,3)4)12-11-15-7-9-16(23-5)10-8-15/h7-10,14H,11-13H2,1-6H3. The third-order valence-corrected chi connectivity index (χ3v) is 3.86. The molecule has 1 rings (SSSR count). The second kappa shape index (κ2) is 8.71. The highest BCUT2D eigenvalue weighted by atomic mass is 16.5. The van der Waals surface area contributed by atoms with Crippen molar-refractivity contribution in [3.05, 3.63) is 29.8 Å². The summed E-state index contributed by atoms with van der Waals surface area (Å²) in [6.45, 7) is 8.36. The predicted molar refractivity (Wildman–Crippen MR) is 93.9 cm³/mol. The smallest absolute Gasteiger partial charge is 0.310 e. The molecule has 134 valence electrons. The van der Waals surface area contributed by atoms with E-state index in [4.69, 9.17) is 9.47 Å². The normalized spacial score (nSPS) is 12.4. The Kier molecular flexibility index (Phi) is 7.26. The molecule has 0 spiro atoms. The van der Waals surface area contributed by atoms with Crippen molar-refractivity contribution in [1.29, 1.82) is 0 Å². The van der Waals surface area contributed by atoms with E-state index in [2.05, 4.69) is 0 Å². The molecule has 1 aromatic rings. The van der Waals surface area contributed by atoms with Gasteiger partial charge in [-0.1, -0.05) is 39.8 Å². The van der Waals surface area contributed by atoms with Gasteiger partial charge >= 0.3 is 5.97 Å². The summed E-state index contributed by atoms with van der Waals surface area (Å²) >= 11 is 0. The Balaban J connectivity index is 2.80. The van der Waals surface area contributed by atoms with E-state index in [0.29, 0.717) is 13.1 Å². The average Bonchev–Trinajstić information content (AvgIpc) is 2.56. The first-order valence-corrected chi connectivity index (χ1v) is 8.19. The third-order valence-electron chi connectivity index (χ3n) is 3.86. The van der Waals surface area contributed by atoms with Crippen molar-refractivity contribution >= 4 is 11.9 Å². The van der Waals surface area contributed by atoms with Gasteiger partial charge in [-0.15, -0.1) is 0 Å². The number of hydrogen-bond donors (Lipinski definition) is 0. The summed E-state index contributed by atoms with van der Waals surface area (Å²) in [7, 11) is 3.00. The number of carbonyl (C=O) groups excluding carboxylic acids is 2. The molecule has 1 atom stereocenters. The largest absolute Gasteiger partial charge is 0.497 e. The number of ether oxygens (including phenoxy) is 2. The summed E-state index contributed by atoms with van der Waals surface area (Å²) in [6, 6.07) is 7.79. The van der Waals surface area contributed by atoms with Gasteiger partial charge in [0.2, 0.25) is 5.91 Å². The summed E-state index contributed by atoms with van der Waals surface area (Å²) < 4.78 is 9.93. The second-order valence-electron chi connectivity index (χ2n) is 7.02. The highest BCUT2D eigenvalue weighted by Crippen LogP contribution is 2.20. The first-order chi connectivity index (χ1) is 11.2. The molecule has 0 radical (unpaired) electrons. The molecule has 0 saturated heterocycles. The van der Waals surface area contributed by atoms with Gasteiger partial charge in [-0.2, -0.15) is 0 Å². The Morgan fingerprint density at radius 1 is 1.12 bits per heavy atom. The SMILES string of the molecule is COC(=O)C(C)CN(CCc1ccc(OC)cc1)C(=O)C(C)(C)C. The minimum Gasteiger partial charge on any atom is -0.497 e. The molecule has 1 amide bonds. The minimum atomic E-state index is -0.490. The summed E-state index contributed by atoms with van der Waals surface area (Å²) in [5.74, 6) is 0.191. The number of esters is 1. The van der Waals surface area contributed by atoms with Gasteiger partial charge in [0.25, 0.3) is 0 Å². The number of benzene rings is 1. The fourth-order valence-electron chi connectivity index (χ4n) is 2.41. The zero-order chi connectivity index (χ0) is 18.3. The van der Waals surface area contributed by atoms with Crippen molar-refractivity contribution in [2.24, 2.45) is 11.3 Å². The Bertz CT molecular complexity index is 545. The molecule has 5 heteroatoms. The number of rotatable bonds is 7. The van der Waals surface area contributed by atoms with Crippen molar-refractivity contribution in [2.75, 3.05) is 27.3 Å². The first kappa shape index (κ1) is 20.0. The molecule has 0 fully saturated rings. The van der Waals surface area contributed by atoms with Gasteiger partial charge in [0, 0.05) is 18.5 Å². The number of carbonyl (C=O) groups is 2. The highest BCUT2D eigenvalue weighted by Gasteiger charge is 2.29. The van der Waals surface area contributed by atoms with Crippen molar-refractivity contribution < 1.29 is 19.1 Å². The van der Waals surface area contributed by atoms with Gasteiger partial charge in [-0.25, -0.2) is 0 Å². The number of nitrogens with zero attached hydrogens (tertiary/aromatic N) is 1. The van der Waals surface area contributed by atoms with E-state index in [1.54, 1.807) is 18.9 Å². The molecule has 0 bridgehead atoms. The van der Waals surface area contributed by atoms with Crippen molar-refractivity contribution in [1.82, 2.24) is 4.90 Å². The van der Waals surface area contributed by atoms with Gasteiger partial charge in [0.1, 0.15) is 5.75 Å². The zero-order valence-electron chi connectivity index (χ0n) is 15.6. The van der Waals surface area contributed by atoms with Crippen molar-refractivity contribution in [2.45, 2.75) is 34.1 Å². The maximum Gasteiger partial charge on any atom is 0.310 e. The van der Waals surface area contributed by atoms with Crippen molar-refractivity contribution in [3.63, 3.8) is 0 Å². The molecule has 0 saturated carbocycles. The van der Waals surface area contributed by atoms with E-state index in [1.165, 1.54) is 7.11 Å². The Morgan fingerprint density at radius 2 is 1.71 bits per heavy atom. The zero-order valence-corrected chi connectivity index (χ0v) is 15.6. The van der Waals surface area contributed by atoms with E-state index in [0.717, 1.165) is 17.7 Å². The van der Waals surface area contributed by atoms with Gasteiger partial charge < -0.3 is 14.4 Å². The molecule has 24 heavy (non-hydrogen) atoms. The number of amides is 1. The second-order valence-corrected chi connectivity index (χ2v) is 7.02. The Labute approximate surface area is 144 Å². The lowest BCUT2D eigenvalue weighted by Gasteiger charge is -2.31. The lowest BCUT2D eigenvalue weighted by Crippen LogP contribution is -2.44. The van der Waals surface area contributed by atoms with Crippen LogP contribution in [0.25, 0.3) is 0 Å². The van der Waals surface area contributed by atoms with Crippen LogP contribution in [0, 0.1) is 11.3 Å². The van der Waals surface area contributed by atoms with Crippen LogP contribution in [-0.4, -0.2) is 44.1 Å². The highest BCUT2D eigenvalue weighted by molar-refractivity contribution is 5.82. The molecule has 0 aromatic heterocycles. The third kappa shape index (κ3) is 5.87. The van der Waals surface area contributed by atoms with Crippen LogP contribution in [0.3, 0.4) is 0 Å². The summed E-state index contributed by atoms with van der Waals surface area (Å²) in [5, 5.41) is 0. The van der Waals surface area contributed by atoms with Gasteiger partial charge in [-0.3, -0.25) is 9.59 Å². The molecule has 0 N–H and O–H groups in total. The Morgan fingerprint density at radius 3 is 2.17 bits per heavy atom. The first-order valence-electron chi connectivity index (χ1n) is 8.19. The lowest BCUT2D eigenvalue weighted by molar-refractivity contribution is -0.148. The molecule has 5 nitrogen and oxygen atoms in total. The number of hydrogen-bond acceptors (Lipinski definition) is 4. The monoisotopic (exact) mass is 335 g/mol. The van der Waals surface area contributed by atoms with Gasteiger partial charge in [-0.05, 0) is 24.1 Å². The summed E-state index contributed by atoms with van der Waals surface area (Å²) in [5.41, 5.74) is 0.628. The topological polar surface area (TPSA) is 55.8 Å². The molecular formula is C19H29NO4. The number of methoxy groups -OCH3 is 2. The van der Waals surface area contributed by atoms with E-state index in [9.17, 15) is 9.59 Å². The molecule has 1 aromatic carbocycles. The van der Waals surface area contributed by atoms with Gasteiger partial charge in [0.05, 0.1) is 20.1 Å². The molecule has 1 unspecified atom stereocenters. The molecule has 0 aliphatic heterocycles. The van der Waals surface area contributed by atoms with E-state index in [1.807, 2.05) is 45.0 Å². The molecule has 0 heterocycles. The predicted octanol–water partition coefficient (Wildman–Crippen LogP) is 2.92. The summed E-state index contributed by atoms with van der Waals surface area (Å²) in [4.78, 5) is 26.1. The van der Waals surface area contributed by atoms with Crippen LogP contribution in [0.4, 0.5) is 0 Å². The summed E-state index contributed by atoms with van der Waals surface area (Å²) in [6.07, 6.45) is 0.722. The maximum absolute atomic E-state index is 12.7. The maximum atomic E-state index is 12.7. The molecule has 0 aliphatic carbocycles. The van der Waals surface area contributed by atoms with Crippen LogP contribution in [0.2, 0.25) is 0 Å². The van der Waals surface area contributed by atoms with E-state index in [-0.39, 0.29) is 17.8 Å². The van der Waals surface area contributed by atoms with Crippen LogP contribution in [0.15, 0.2) is 24.3 Å².